The molecule has 0 saturated carbocycles. The number of rotatable bonds is 3. The van der Waals surface area contributed by atoms with Gasteiger partial charge >= 0.3 is 0 Å². The molecular formula is C13H13NO4. The molecule has 1 amide bonds. The van der Waals surface area contributed by atoms with Gasteiger partial charge in [-0.05, 0) is 16.8 Å². The largest absolute Gasteiger partial charge is 0.508 e. The predicted molar refractivity (Wildman–Crippen MR) is 65.8 cm³/mol. The van der Waals surface area contributed by atoms with E-state index in [0.717, 1.165) is 5.39 Å². The summed E-state index contributed by atoms with van der Waals surface area (Å²) in [6.07, 6.45) is -3.32. The highest BCUT2D eigenvalue weighted by Gasteiger charge is 2.27. The van der Waals surface area contributed by atoms with Crippen LogP contribution in [-0.2, 0) is 4.79 Å². The fourth-order valence-corrected chi connectivity index (χ4v) is 1.91. The van der Waals surface area contributed by atoms with Crippen LogP contribution in [0.1, 0.15) is 11.7 Å². The topological polar surface area (TPSA) is 104 Å². The number of primary amides is 1. The number of fused-ring (bicyclic) bond motifs is 1. The van der Waals surface area contributed by atoms with E-state index in [1.54, 1.807) is 30.3 Å². The maximum absolute atomic E-state index is 10.9. The smallest absolute Gasteiger partial charge is 0.249 e. The van der Waals surface area contributed by atoms with Crippen molar-refractivity contribution in [3.8, 4) is 5.75 Å². The lowest BCUT2D eigenvalue weighted by atomic mass is 9.96. The summed E-state index contributed by atoms with van der Waals surface area (Å²) >= 11 is 0. The normalized spacial score (nSPS) is 14.3. The summed E-state index contributed by atoms with van der Waals surface area (Å²) in [5.74, 6) is -1.24. The number of aliphatic hydroxyl groups is 2. The van der Waals surface area contributed by atoms with E-state index < -0.39 is 18.1 Å². The first-order valence-electron chi connectivity index (χ1n) is 5.38. The van der Waals surface area contributed by atoms with Gasteiger partial charge in [0.2, 0.25) is 5.91 Å². The Hall–Kier alpha value is -2.11. The van der Waals surface area contributed by atoms with Gasteiger partial charge in [0, 0.05) is 5.56 Å². The van der Waals surface area contributed by atoms with Crippen LogP contribution in [0.25, 0.3) is 10.8 Å². The van der Waals surface area contributed by atoms with Gasteiger partial charge in [-0.3, -0.25) is 4.79 Å². The van der Waals surface area contributed by atoms with Crippen molar-refractivity contribution in [3.63, 3.8) is 0 Å². The van der Waals surface area contributed by atoms with Gasteiger partial charge in [0.15, 0.2) is 6.10 Å². The minimum absolute atomic E-state index is 0.0967. The van der Waals surface area contributed by atoms with Gasteiger partial charge in [-0.1, -0.05) is 30.3 Å². The van der Waals surface area contributed by atoms with Gasteiger partial charge in [0.1, 0.15) is 11.9 Å². The molecule has 2 unspecified atom stereocenters. The summed E-state index contributed by atoms with van der Waals surface area (Å²) in [7, 11) is 0. The molecule has 0 bridgehead atoms. The minimum Gasteiger partial charge on any atom is -0.508 e. The van der Waals surface area contributed by atoms with E-state index in [4.69, 9.17) is 5.73 Å². The maximum Gasteiger partial charge on any atom is 0.249 e. The molecule has 0 aliphatic heterocycles. The maximum atomic E-state index is 10.9. The zero-order chi connectivity index (χ0) is 13.3. The quantitative estimate of drug-likeness (QED) is 0.631. The van der Waals surface area contributed by atoms with Crippen LogP contribution in [0.3, 0.4) is 0 Å². The first kappa shape index (κ1) is 12.3. The molecule has 2 rings (SSSR count). The Morgan fingerprint density at radius 2 is 1.78 bits per heavy atom. The molecule has 2 aromatic rings. The van der Waals surface area contributed by atoms with Crippen molar-refractivity contribution in [3.05, 3.63) is 42.0 Å². The third kappa shape index (κ3) is 2.01. The fraction of sp³-hybridized carbons (Fsp3) is 0.154. The molecule has 94 valence electrons. The summed E-state index contributed by atoms with van der Waals surface area (Å²) in [6.45, 7) is 0. The number of phenolic OH excluding ortho intramolecular Hbond substituents is 1. The Labute approximate surface area is 103 Å². The highest BCUT2D eigenvalue weighted by Crippen LogP contribution is 2.33. The van der Waals surface area contributed by atoms with Crippen molar-refractivity contribution in [1.82, 2.24) is 0 Å². The highest BCUT2D eigenvalue weighted by atomic mass is 16.3. The second kappa shape index (κ2) is 4.64. The third-order valence-corrected chi connectivity index (χ3v) is 2.83. The van der Waals surface area contributed by atoms with E-state index in [2.05, 4.69) is 0 Å². The van der Waals surface area contributed by atoms with Gasteiger partial charge in [0.25, 0.3) is 0 Å². The van der Waals surface area contributed by atoms with Crippen LogP contribution in [0, 0.1) is 0 Å². The molecule has 0 saturated heterocycles. The lowest BCUT2D eigenvalue weighted by molar-refractivity contribution is -0.131. The zero-order valence-electron chi connectivity index (χ0n) is 9.45. The minimum atomic E-state index is -1.76. The molecule has 0 aliphatic rings. The summed E-state index contributed by atoms with van der Waals surface area (Å²) in [5, 5.41) is 30.5. The number of phenols is 1. The SMILES string of the molecule is NC(=O)C(O)C(O)c1c(O)ccc2ccccc12. The number of carbonyl (C=O) groups is 1. The molecule has 2 atom stereocenters. The standard InChI is InChI=1S/C13H13NO4/c14-13(18)12(17)11(16)10-8-4-2-1-3-7(8)5-6-9(10)15/h1-6,11-12,15-17H,(H2,14,18). The second-order valence-electron chi connectivity index (χ2n) is 4.01. The van der Waals surface area contributed by atoms with Gasteiger partial charge in [-0.15, -0.1) is 0 Å². The van der Waals surface area contributed by atoms with Crippen LogP contribution in [0.4, 0.5) is 0 Å². The van der Waals surface area contributed by atoms with Crippen LogP contribution >= 0.6 is 0 Å². The summed E-state index contributed by atoms with van der Waals surface area (Å²) in [5.41, 5.74) is 5.03. The Kier molecular flexibility index (Phi) is 3.18. The van der Waals surface area contributed by atoms with Crippen LogP contribution in [0.2, 0.25) is 0 Å². The van der Waals surface area contributed by atoms with Gasteiger partial charge in [0.05, 0.1) is 0 Å². The number of benzene rings is 2. The molecule has 5 N–H and O–H groups in total. The van der Waals surface area contributed by atoms with E-state index in [1.165, 1.54) is 6.07 Å². The highest BCUT2D eigenvalue weighted by molar-refractivity contribution is 5.89. The molecule has 0 spiro atoms. The number of hydrogen-bond acceptors (Lipinski definition) is 4. The molecule has 0 heterocycles. The Bertz CT molecular complexity index is 597. The number of hydrogen-bond donors (Lipinski definition) is 4. The van der Waals surface area contributed by atoms with Crippen molar-refractivity contribution in [2.24, 2.45) is 5.73 Å². The number of nitrogens with two attached hydrogens (primary N) is 1. The van der Waals surface area contributed by atoms with E-state index in [9.17, 15) is 20.1 Å². The average Bonchev–Trinajstić information content (AvgIpc) is 2.37. The van der Waals surface area contributed by atoms with Gasteiger partial charge < -0.3 is 21.1 Å². The molecule has 0 aliphatic carbocycles. The van der Waals surface area contributed by atoms with E-state index in [0.29, 0.717) is 5.39 Å². The van der Waals surface area contributed by atoms with E-state index >= 15 is 0 Å². The number of aliphatic hydroxyl groups excluding tert-OH is 2. The van der Waals surface area contributed by atoms with Crippen molar-refractivity contribution < 1.29 is 20.1 Å². The Morgan fingerprint density at radius 3 is 2.44 bits per heavy atom. The van der Waals surface area contributed by atoms with Crippen molar-refractivity contribution in [2.45, 2.75) is 12.2 Å². The van der Waals surface area contributed by atoms with Gasteiger partial charge in [-0.2, -0.15) is 0 Å². The first-order valence-corrected chi connectivity index (χ1v) is 5.38. The third-order valence-electron chi connectivity index (χ3n) is 2.83. The molecule has 0 radical (unpaired) electrons. The fourth-order valence-electron chi connectivity index (χ4n) is 1.91. The van der Waals surface area contributed by atoms with Crippen LogP contribution in [-0.4, -0.2) is 27.3 Å². The lowest BCUT2D eigenvalue weighted by Gasteiger charge is -2.18. The summed E-state index contributed by atoms with van der Waals surface area (Å²) < 4.78 is 0. The number of carbonyl (C=O) groups excluding carboxylic acids is 1. The molecule has 5 heteroatoms. The summed E-state index contributed by atoms with van der Waals surface area (Å²) in [4.78, 5) is 10.9. The van der Waals surface area contributed by atoms with Gasteiger partial charge in [-0.25, -0.2) is 0 Å². The van der Waals surface area contributed by atoms with E-state index in [-0.39, 0.29) is 11.3 Å². The number of aromatic hydroxyl groups is 1. The molecule has 5 nitrogen and oxygen atoms in total. The Balaban J connectivity index is 2.62. The van der Waals surface area contributed by atoms with Crippen LogP contribution < -0.4 is 5.73 Å². The van der Waals surface area contributed by atoms with Crippen molar-refractivity contribution in [1.29, 1.82) is 0 Å². The summed E-state index contributed by atoms with van der Waals surface area (Å²) in [6, 6.07) is 10.1. The lowest BCUT2D eigenvalue weighted by Crippen LogP contribution is -2.34. The van der Waals surface area contributed by atoms with Crippen LogP contribution in [0.15, 0.2) is 36.4 Å². The predicted octanol–water partition coefficient (Wildman–Crippen LogP) is 0.425. The average molecular weight is 247 g/mol. The van der Waals surface area contributed by atoms with Crippen LogP contribution in [0.5, 0.6) is 5.75 Å². The van der Waals surface area contributed by atoms with Crippen molar-refractivity contribution in [2.75, 3.05) is 0 Å². The monoisotopic (exact) mass is 247 g/mol. The molecular weight excluding hydrogens is 234 g/mol. The second-order valence-corrected chi connectivity index (χ2v) is 4.01. The Morgan fingerprint density at radius 1 is 1.11 bits per heavy atom. The number of amides is 1. The first-order chi connectivity index (χ1) is 8.52. The molecule has 0 fully saturated rings. The molecule has 18 heavy (non-hydrogen) atoms. The van der Waals surface area contributed by atoms with E-state index in [1.807, 2.05) is 0 Å². The van der Waals surface area contributed by atoms with Crippen molar-refractivity contribution >= 4 is 16.7 Å². The molecule has 2 aromatic carbocycles. The zero-order valence-corrected chi connectivity index (χ0v) is 9.45. The molecule has 0 aromatic heterocycles.